The van der Waals surface area contributed by atoms with Gasteiger partial charge in [-0.05, 0) is 80.6 Å². The van der Waals surface area contributed by atoms with Crippen LogP contribution in [-0.4, -0.2) is 73.5 Å². The Morgan fingerprint density at radius 1 is 1.03 bits per heavy atom. The summed E-state index contributed by atoms with van der Waals surface area (Å²) >= 11 is 0. The minimum Gasteiger partial charge on any atom is -0.497 e. The van der Waals surface area contributed by atoms with Gasteiger partial charge in [0.1, 0.15) is 5.75 Å². The van der Waals surface area contributed by atoms with E-state index in [1.54, 1.807) is 25.3 Å². The van der Waals surface area contributed by atoms with Crippen molar-refractivity contribution in [3.8, 4) is 5.75 Å². The number of rotatable bonds is 8. The second kappa shape index (κ2) is 10.8. The molecule has 2 saturated heterocycles. The number of benzene rings is 2. The molecule has 1 atom stereocenters. The quantitative estimate of drug-likeness (QED) is 0.571. The molecule has 3 amide bonds. The van der Waals surface area contributed by atoms with Crippen molar-refractivity contribution in [1.29, 1.82) is 0 Å². The number of hydrogen-bond acceptors (Lipinski definition) is 6. The fourth-order valence-corrected chi connectivity index (χ4v) is 5.27. The van der Waals surface area contributed by atoms with Crippen LogP contribution in [-0.2, 0) is 11.3 Å². The number of nitrogens with one attached hydrogen (secondary N) is 1. The molecule has 3 aliphatic heterocycles. The van der Waals surface area contributed by atoms with Gasteiger partial charge in [-0.1, -0.05) is 12.1 Å². The van der Waals surface area contributed by atoms with Gasteiger partial charge in [-0.15, -0.1) is 0 Å². The zero-order valence-electron chi connectivity index (χ0n) is 20.7. The van der Waals surface area contributed by atoms with E-state index in [9.17, 15) is 14.4 Å². The van der Waals surface area contributed by atoms with Crippen LogP contribution in [0.15, 0.2) is 42.5 Å². The van der Waals surface area contributed by atoms with Crippen LogP contribution in [0, 0.1) is 5.92 Å². The number of nitrogens with zero attached hydrogens (tertiary/aromatic N) is 2. The summed E-state index contributed by atoms with van der Waals surface area (Å²) in [6.07, 6.45) is 3.73. The van der Waals surface area contributed by atoms with Gasteiger partial charge in [0.15, 0.2) is 0 Å². The molecule has 5 rings (SSSR count). The number of carbonyl (C=O) groups excluding carboxylic acids is 3. The average Bonchev–Trinajstić information content (AvgIpc) is 3.51. The van der Waals surface area contributed by atoms with Crippen LogP contribution < -0.4 is 10.1 Å². The predicted octanol–water partition coefficient (Wildman–Crippen LogP) is 3.11. The van der Waals surface area contributed by atoms with Gasteiger partial charge in [0.2, 0.25) is 0 Å². The van der Waals surface area contributed by atoms with E-state index in [2.05, 4.69) is 22.3 Å². The van der Waals surface area contributed by atoms with E-state index in [0.29, 0.717) is 35.8 Å². The standard InChI is InChI=1S/C28H33N3O5/c1-35-22-7-4-20(5-8-22)17-30-12-10-19(11-13-30)16-29-26(32)21-6-9-24-25(15-21)28(34)31(27(24)33)18-23-3-2-14-36-23/h4-9,15,19,23H,2-3,10-14,16-18H2,1H3,(H,29,32). The summed E-state index contributed by atoms with van der Waals surface area (Å²) in [5.41, 5.74) is 2.34. The van der Waals surface area contributed by atoms with E-state index in [4.69, 9.17) is 9.47 Å². The summed E-state index contributed by atoms with van der Waals surface area (Å²) in [4.78, 5) is 42.1. The molecule has 2 aromatic carbocycles. The van der Waals surface area contributed by atoms with Crippen molar-refractivity contribution in [2.75, 3.05) is 39.9 Å². The van der Waals surface area contributed by atoms with Crippen molar-refractivity contribution in [3.63, 3.8) is 0 Å². The molecule has 3 aliphatic rings. The van der Waals surface area contributed by atoms with Crippen LogP contribution in [0.3, 0.4) is 0 Å². The SMILES string of the molecule is COc1ccc(CN2CCC(CNC(=O)c3ccc4c(c3)C(=O)N(CC3CCCO3)C4=O)CC2)cc1. The van der Waals surface area contributed by atoms with Crippen molar-refractivity contribution < 1.29 is 23.9 Å². The third-order valence-electron chi connectivity index (χ3n) is 7.47. The summed E-state index contributed by atoms with van der Waals surface area (Å²) in [6, 6.07) is 13.0. The highest BCUT2D eigenvalue weighted by molar-refractivity contribution is 6.22. The lowest BCUT2D eigenvalue weighted by Gasteiger charge is -2.32. The molecule has 36 heavy (non-hydrogen) atoms. The lowest BCUT2D eigenvalue weighted by atomic mass is 9.96. The first-order chi connectivity index (χ1) is 17.5. The molecule has 0 radical (unpaired) electrons. The molecule has 2 aromatic rings. The van der Waals surface area contributed by atoms with Crippen LogP contribution in [0.2, 0.25) is 0 Å². The minimum absolute atomic E-state index is 0.0994. The number of piperidine rings is 1. The lowest BCUT2D eigenvalue weighted by molar-refractivity contribution is 0.0475. The summed E-state index contributed by atoms with van der Waals surface area (Å²) in [6.45, 7) is 4.43. The maximum absolute atomic E-state index is 12.9. The van der Waals surface area contributed by atoms with Crippen LogP contribution in [0.25, 0.3) is 0 Å². The smallest absolute Gasteiger partial charge is 0.261 e. The van der Waals surface area contributed by atoms with Crippen molar-refractivity contribution in [2.24, 2.45) is 5.92 Å². The number of likely N-dealkylation sites (tertiary alicyclic amines) is 1. The number of carbonyl (C=O) groups is 3. The van der Waals surface area contributed by atoms with E-state index in [-0.39, 0.29) is 30.4 Å². The van der Waals surface area contributed by atoms with Gasteiger partial charge in [0.25, 0.3) is 17.7 Å². The van der Waals surface area contributed by atoms with Gasteiger partial charge in [-0.2, -0.15) is 0 Å². The highest BCUT2D eigenvalue weighted by Crippen LogP contribution is 2.26. The topological polar surface area (TPSA) is 88.2 Å². The number of amides is 3. The molecule has 3 heterocycles. The Kier molecular flexibility index (Phi) is 7.34. The predicted molar refractivity (Wildman–Crippen MR) is 134 cm³/mol. The third kappa shape index (κ3) is 5.29. The number of imide groups is 1. The molecule has 0 saturated carbocycles. The largest absolute Gasteiger partial charge is 0.497 e. The molecule has 0 spiro atoms. The maximum atomic E-state index is 12.9. The molecule has 1 unspecified atom stereocenters. The van der Waals surface area contributed by atoms with Crippen LogP contribution in [0.4, 0.5) is 0 Å². The highest BCUT2D eigenvalue weighted by atomic mass is 16.5. The summed E-state index contributed by atoms with van der Waals surface area (Å²) in [7, 11) is 1.67. The number of methoxy groups -OCH3 is 1. The zero-order valence-corrected chi connectivity index (χ0v) is 20.7. The van der Waals surface area contributed by atoms with E-state index in [1.807, 2.05) is 12.1 Å². The van der Waals surface area contributed by atoms with Crippen LogP contribution >= 0.6 is 0 Å². The molecule has 2 fully saturated rings. The molecule has 1 N–H and O–H groups in total. The summed E-state index contributed by atoms with van der Waals surface area (Å²) < 4.78 is 10.8. The van der Waals surface area contributed by atoms with Crippen molar-refractivity contribution >= 4 is 17.7 Å². The lowest BCUT2D eigenvalue weighted by Crippen LogP contribution is -2.38. The van der Waals surface area contributed by atoms with Gasteiger partial charge in [0.05, 0.1) is 30.9 Å². The van der Waals surface area contributed by atoms with E-state index in [0.717, 1.165) is 51.1 Å². The number of hydrogen-bond donors (Lipinski definition) is 1. The molecular formula is C28H33N3O5. The Hall–Kier alpha value is -3.23. The second-order valence-corrected chi connectivity index (χ2v) is 9.89. The van der Waals surface area contributed by atoms with Gasteiger partial charge >= 0.3 is 0 Å². The first-order valence-corrected chi connectivity index (χ1v) is 12.8. The van der Waals surface area contributed by atoms with E-state index < -0.39 is 0 Å². The fraction of sp³-hybridized carbons (Fsp3) is 0.464. The first-order valence-electron chi connectivity index (χ1n) is 12.8. The summed E-state index contributed by atoms with van der Waals surface area (Å²) in [5.74, 6) is 0.420. The summed E-state index contributed by atoms with van der Waals surface area (Å²) in [5, 5.41) is 3.03. The van der Waals surface area contributed by atoms with Crippen LogP contribution in [0.1, 0.15) is 62.3 Å². The van der Waals surface area contributed by atoms with E-state index in [1.165, 1.54) is 10.5 Å². The average molecular weight is 492 g/mol. The van der Waals surface area contributed by atoms with Gasteiger partial charge in [-0.3, -0.25) is 24.2 Å². The second-order valence-electron chi connectivity index (χ2n) is 9.89. The monoisotopic (exact) mass is 491 g/mol. The molecular weight excluding hydrogens is 458 g/mol. The maximum Gasteiger partial charge on any atom is 0.261 e. The Morgan fingerprint density at radius 2 is 1.78 bits per heavy atom. The Bertz CT molecular complexity index is 1120. The van der Waals surface area contributed by atoms with Gasteiger partial charge < -0.3 is 14.8 Å². The molecule has 0 aliphatic carbocycles. The molecule has 190 valence electrons. The molecule has 8 heteroatoms. The first kappa shape index (κ1) is 24.5. The van der Waals surface area contributed by atoms with Gasteiger partial charge in [-0.25, -0.2) is 0 Å². The Labute approximate surface area is 211 Å². The van der Waals surface area contributed by atoms with Crippen molar-refractivity contribution in [2.45, 2.75) is 38.3 Å². The zero-order chi connectivity index (χ0) is 25.1. The molecule has 0 aromatic heterocycles. The third-order valence-corrected chi connectivity index (χ3v) is 7.47. The fourth-order valence-electron chi connectivity index (χ4n) is 5.27. The number of fused-ring (bicyclic) bond motifs is 1. The Morgan fingerprint density at radius 3 is 2.47 bits per heavy atom. The highest BCUT2D eigenvalue weighted by Gasteiger charge is 2.38. The van der Waals surface area contributed by atoms with Gasteiger partial charge in [0, 0.05) is 25.3 Å². The van der Waals surface area contributed by atoms with Crippen LogP contribution in [0.5, 0.6) is 5.75 Å². The van der Waals surface area contributed by atoms with Crippen molar-refractivity contribution in [3.05, 3.63) is 64.7 Å². The van der Waals surface area contributed by atoms with E-state index >= 15 is 0 Å². The normalized spacial score (nSPS) is 20.6. The molecule has 0 bridgehead atoms. The Balaban J connectivity index is 1.11. The minimum atomic E-state index is -0.343. The molecule has 8 nitrogen and oxygen atoms in total. The number of ether oxygens (including phenoxy) is 2. The van der Waals surface area contributed by atoms with Crippen molar-refractivity contribution in [1.82, 2.24) is 15.1 Å².